The number of carbonyl (C=O) groups excluding carboxylic acids is 2. The van der Waals surface area contributed by atoms with E-state index in [1.807, 2.05) is 0 Å². The van der Waals surface area contributed by atoms with E-state index >= 15 is 0 Å². The summed E-state index contributed by atoms with van der Waals surface area (Å²) >= 11 is 0. The minimum absolute atomic E-state index is 0.0443. The predicted octanol–water partition coefficient (Wildman–Crippen LogP) is 3.19. The van der Waals surface area contributed by atoms with E-state index in [0.29, 0.717) is 17.2 Å². The molecule has 0 spiro atoms. The summed E-state index contributed by atoms with van der Waals surface area (Å²) < 4.78 is 43.8. The number of nitrogens with one attached hydrogen (secondary N) is 1. The highest BCUT2D eigenvalue weighted by Gasteiger charge is 2.26. The third-order valence-electron chi connectivity index (χ3n) is 4.77. The molecule has 0 saturated heterocycles. The van der Waals surface area contributed by atoms with Crippen molar-refractivity contribution in [1.29, 1.82) is 0 Å². The van der Waals surface area contributed by atoms with Gasteiger partial charge in [0.15, 0.2) is 0 Å². The zero-order valence-corrected chi connectivity index (χ0v) is 16.2. The molecule has 1 N–H and O–H groups in total. The molecule has 1 amide bonds. The van der Waals surface area contributed by atoms with Crippen LogP contribution in [0.25, 0.3) is 11.1 Å². The number of carbonyl (C=O) groups is 2. The first-order valence-corrected chi connectivity index (χ1v) is 9.11. The second kappa shape index (κ2) is 8.02. The normalized spacial score (nSPS) is 12.9. The van der Waals surface area contributed by atoms with E-state index in [0.717, 1.165) is 19.4 Å². The minimum atomic E-state index is -0.956. The Kier molecular flexibility index (Phi) is 5.24. The fourth-order valence-electron chi connectivity index (χ4n) is 3.26. The van der Waals surface area contributed by atoms with Gasteiger partial charge in [0.25, 0.3) is 11.7 Å². The van der Waals surface area contributed by atoms with Gasteiger partial charge in [0, 0.05) is 18.2 Å². The number of ether oxygens (including phenoxy) is 2. The molecule has 1 aliphatic rings. The molecule has 0 unspecified atom stereocenters. The van der Waals surface area contributed by atoms with Crippen LogP contribution < -0.4 is 15.5 Å². The number of halogens is 2. The second-order valence-corrected chi connectivity index (χ2v) is 6.71. The van der Waals surface area contributed by atoms with Gasteiger partial charge in [-0.2, -0.15) is 0 Å². The van der Waals surface area contributed by atoms with E-state index in [4.69, 9.17) is 9.15 Å². The number of hydrogen-bond acceptors (Lipinski definition) is 6. The maximum atomic E-state index is 14.6. The molecular weight excluding hydrogens is 412 g/mol. The smallest absolute Gasteiger partial charge is 0.378 e. The van der Waals surface area contributed by atoms with Crippen molar-refractivity contribution >= 4 is 11.9 Å². The molecule has 31 heavy (non-hydrogen) atoms. The molecule has 0 atom stereocenters. The van der Waals surface area contributed by atoms with Gasteiger partial charge < -0.3 is 19.2 Å². The second-order valence-electron chi connectivity index (χ2n) is 6.71. The third kappa shape index (κ3) is 3.77. The Balaban J connectivity index is 1.90. The largest absolute Gasteiger partial charge is 0.481 e. The Morgan fingerprint density at radius 3 is 2.71 bits per heavy atom. The average molecular weight is 427 g/mol. The molecule has 0 saturated carbocycles. The molecule has 0 fully saturated rings. The van der Waals surface area contributed by atoms with Crippen LogP contribution in [0.4, 0.5) is 8.78 Å². The van der Waals surface area contributed by atoms with Gasteiger partial charge in [0.2, 0.25) is 11.2 Å². The van der Waals surface area contributed by atoms with Crippen molar-refractivity contribution in [2.45, 2.75) is 13.2 Å². The van der Waals surface area contributed by atoms with Crippen molar-refractivity contribution in [3.8, 4) is 16.9 Å². The van der Waals surface area contributed by atoms with Gasteiger partial charge in [-0.3, -0.25) is 9.59 Å². The summed E-state index contributed by atoms with van der Waals surface area (Å²) in [4.78, 5) is 37.4. The SMILES string of the molecule is COC(=O)c1occ2c(=O)c1OCc1cccc(c1)-c1cc(F)cc(F)c1CNC2=O. The number of fused-ring (bicyclic) bond motifs is 6. The number of methoxy groups -OCH3 is 1. The van der Waals surface area contributed by atoms with Crippen LogP contribution in [0.15, 0.2) is 51.9 Å². The molecule has 9 heteroatoms. The Labute approximate surface area is 174 Å². The van der Waals surface area contributed by atoms with Crippen LogP contribution in [0.2, 0.25) is 0 Å². The molecule has 4 bridgehead atoms. The first kappa shape index (κ1) is 20.3. The number of hydrogen-bond donors (Lipinski definition) is 1. The number of benzene rings is 2. The Morgan fingerprint density at radius 1 is 1.13 bits per heavy atom. The number of esters is 1. The fraction of sp³-hybridized carbons (Fsp3) is 0.136. The van der Waals surface area contributed by atoms with E-state index in [1.54, 1.807) is 24.3 Å². The molecule has 4 rings (SSSR count). The lowest BCUT2D eigenvalue weighted by Gasteiger charge is -2.13. The van der Waals surface area contributed by atoms with Gasteiger partial charge in [-0.1, -0.05) is 18.2 Å². The third-order valence-corrected chi connectivity index (χ3v) is 4.77. The van der Waals surface area contributed by atoms with Gasteiger partial charge in [-0.05, 0) is 28.8 Å². The Hall–Kier alpha value is -4.01. The van der Waals surface area contributed by atoms with E-state index in [9.17, 15) is 23.2 Å². The lowest BCUT2D eigenvalue weighted by Crippen LogP contribution is -2.30. The van der Waals surface area contributed by atoms with E-state index in [-0.39, 0.29) is 24.3 Å². The monoisotopic (exact) mass is 427 g/mol. The topological polar surface area (TPSA) is 94.8 Å². The molecule has 1 aromatic heterocycles. The van der Waals surface area contributed by atoms with Crippen LogP contribution >= 0.6 is 0 Å². The molecule has 1 aliphatic heterocycles. The van der Waals surface area contributed by atoms with Crippen LogP contribution in [0.5, 0.6) is 5.75 Å². The number of rotatable bonds is 1. The zero-order valence-electron chi connectivity index (χ0n) is 16.2. The van der Waals surface area contributed by atoms with E-state index in [2.05, 4.69) is 10.1 Å². The zero-order chi connectivity index (χ0) is 22.1. The van der Waals surface area contributed by atoms with Gasteiger partial charge >= 0.3 is 5.97 Å². The molecule has 0 radical (unpaired) electrons. The first-order chi connectivity index (χ1) is 14.9. The molecule has 0 aliphatic carbocycles. The van der Waals surface area contributed by atoms with Crippen molar-refractivity contribution < 1.29 is 32.3 Å². The van der Waals surface area contributed by atoms with Crippen LogP contribution in [0.3, 0.4) is 0 Å². The van der Waals surface area contributed by atoms with Crippen LogP contribution in [0, 0.1) is 11.6 Å². The van der Waals surface area contributed by atoms with Crippen molar-refractivity contribution in [3.05, 3.63) is 87.0 Å². The first-order valence-electron chi connectivity index (χ1n) is 9.11. The quantitative estimate of drug-likeness (QED) is 0.600. The van der Waals surface area contributed by atoms with Gasteiger partial charge in [-0.25, -0.2) is 13.6 Å². The molecule has 7 nitrogen and oxygen atoms in total. The maximum absolute atomic E-state index is 14.6. The highest BCUT2D eigenvalue weighted by Crippen LogP contribution is 2.29. The lowest BCUT2D eigenvalue weighted by molar-refractivity contribution is 0.0551. The van der Waals surface area contributed by atoms with Gasteiger partial charge in [0.1, 0.15) is 30.1 Å². The highest BCUT2D eigenvalue weighted by atomic mass is 19.1. The summed E-state index contributed by atoms with van der Waals surface area (Å²) in [6.45, 7) is -0.500. The van der Waals surface area contributed by atoms with Gasteiger partial charge in [-0.15, -0.1) is 0 Å². The standard InChI is InChI=1S/C22H15F2NO6/c1-29-22(28)20-19-18(26)16(10-31-20)21(27)25-8-15-14(6-13(23)7-17(15)24)12-4-2-3-11(5-12)9-30-19/h2-7,10H,8-9H2,1H3,(H,25,27). The summed E-state index contributed by atoms with van der Waals surface area (Å²) in [6.07, 6.45) is 0.804. The lowest BCUT2D eigenvalue weighted by atomic mass is 9.97. The van der Waals surface area contributed by atoms with Crippen molar-refractivity contribution in [2.75, 3.05) is 7.11 Å². The highest BCUT2D eigenvalue weighted by molar-refractivity contribution is 5.96. The molecule has 2 heterocycles. The summed E-state index contributed by atoms with van der Waals surface area (Å²) in [5.41, 5.74) is -0.0185. The minimum Gasteiger partial charge on any atom is -0.481 e. The van der Waals surface area contributed by atoms with Crippen molar-refractivity contribution in [3.63, 3.8) is 0 Å². The summed E-state index contributed by atoms with van der Waals surface area (Å²) in [5.74, 6) is -4.44. The van der Waals surface area contributed by atoms with Crippen LogP contribution in [-0.4, -0.2) is 19.0 Å². The van der Waals surface area contributed by atoms with Crippen LogP contribution in [0.1, 0.15) is 32.0 Å². The number of amides is 1. The van der Waals surface area contributed by atoms with Crippen LogP contribution in [-0.2, 0) is 17.9 Å². The molecule has 2 aromatic carbocycles. The predicted molar refractivity (Wildman–Crippen MR) is 104 cm³/mol. The molecule has 158 valence electrons. The molecular formula is C22H15F2NO6. The average Bonchev–Trinajstić information content (AvgIpc) is 2.76. The summed E-state index contributed by atoms with van der Waals surface area (Å²) in [5, 5.41) is 2.42. The van der Waals surface area contributed by atoms with E-state index in [1.165, 1.54) is 0 Å². The Morgan fingerprint density at radius 2 is 1.94 bits per heavy atom. The maximum Gasteiger partial charge on any atom is 0.378 e. The van der Waals surface area contributed by atoms with Crippen molar-refractivity contribution in [2.24, 2.45) is 0 Å². The van der Waals surface area contributed by atoms with E-state index < -0.39 is 46.0 Å². The summed E-state index contributed by atoms with van der Waals surface area (Å²) in [7, 11) is 1.10. The van der Waals surface area contributed by atoms with Crippen molar-refractivity contribution in [1.82, 2.24) is 5.32 Å². The molecule has 3 aromatic rings. The Bertz CT molecular complexity index is 1270. The summed E-state index contributed by atoms with van der Waals surface area (Å²) in [6, 6.07) is 8.48. The fourth-order valence-corrected chi connectivity index (χ4v) is 3.26. The van der Waals surface area contributed by atoms with Gasteiger partial charge in [0.05, 0.1) is 7.11 Å².